The van der Waals surface area contributed by atoms with E-state index in [1.807, 2.05) is 20.8 Å². The summed E-state index contributed by atoms with van der Waals surface area (Å²) in [5, 5.41) is 25.6. The van der Waals surface area contributed by atoms with Crippen molar-refractivity contribution in [1.29, 1.82) is 0 Å². The molecule has 10 nitrogen and oxygen atoms in total. The molecule has 1 unspecified atom stereocenters. The first kappa shape index (κ1) is 27.9. The van der Waals surface area contributed by atoms with Crippen molar-refractivity contribution in [3.05, 3.63) is 28.8 Å². The highest BCUT2D eigenvalue weighted by Crippen LogP contribution is 2.36. The van der Waals surface area contributed by atoms with E-state index in [1.54, 1.807) is 18.2 Å². The fraction of sp³-hybridized carbons (Fsp3) is 0.600. The number of hydrogen-bond acceptors (Lipinski definition) is 7. The van der Waals surface area contributed by atoms with E-state index in [0.717, 1.165) is 12.8 Å². The van der Waals surface area contributed by atoms with Gasteiger partial charge >= 0.3 is 5.97 Å². The van der Waals surface area contributed by atoms with E-state index >= 15 is 0 Å². The van der Waals surface area contributed by atoms with Crippen LogP contribution < -0.4 is 15.4 Å². The summed E-state index contributed by atoms with van der Waals surface area (Å²) in [5.74, 6) is -1.72. The molecule has 4 N–H and O–H groups in total. The Balaban J connectivity index is 1.76. The van der Waals surface area contributed by atoms with Crippen LogP contribution in [0.1, 0.15) is 64.7 Å². The van der Waals surface area contributed by atoms with Gasteiger partial charge in [-0.05, 0) is 37.2 Å². The van der Waals surface area contributed by atoms with E-state index in [1.165, 1.54) is 4.90 Å². The van der Waals surface area contributed by atoms with E-state index in [9.17, 15) is 24.3 Å². The van der Waals surface area contributed by atoms with Gasteiger partial charge in [-0.15, -0.1) is 0 Å². The minimum Gasteiger partial charge on any atom is -0.489 e. The number of aldehydes is 1. The molecule has 2 amide bonds. The molecule has 1 heterocycles. The lowest BCUT2D eigenvalue weighted by molar-refractivity contribution is -0.144. The molecule has 36 heavy (non-hydrogen) atoms. The second-order valence-electron chi connectivity index (χ2n) is 10.4. The second-order valence-corrected chi connectivity index (χ2v) is 10.8. The van der Waals surface area contributed by atoms with E-state index < -0.39 is 48.1 Å². The number of halogens is 1. The van der Waals surface area contributed by atoms with Gasteiger partial charge < -0.3 is 30.0 Å². The van der Waals surface area contributed by atoms with Crippen LogP contribution in [0, 0.1) is 5.41 Å². The minimum absolute atomic E-state index is 0.124. The Labute approximate surface area is 215 Å². The number of carbonyl (C=O) groups is 4. The van der Waals surface area contributed by atoms with Gasteiger partial charge in [0.05, 0.1) is 29.6 Å². The van der Waals surface area contributed by atoms with Crippen molar-refractivity contribution in [2.75, 3.05) is 6.54 Å². The molecule has 2 fully saturated rings. The van der Waals surface area contributed by atoms with Gasteiger partial charge in [-0.25, -0.2) is 0 Å². The van der Waals surface area contributed by atoms with Crippen molar-refractivity contribution in [3.63, 3.8) is 0 Å². The predicted octanol–water partition coefficient (Wildman–Crippen LogP) is 2.03. The summed E-state index contributed by atoms with van der Waals surface area (Å²) >= 11 is 6.50. The summed E-state index contributed by atoms with van der Waals surface area (Å²) in [6, 6.07) is 2.19. The number of aliphatic hydroxyl groups is 1. The van der Waals surface area contributed by atoms with Gasteiger partial charge in [0, 0.05) is 12.1 Å². The van der Waals surface area contributed by atoms with E-state index in [-0.39, 0.29) is 17.0 Å². The van der Waals surface area contributed by atoms with Crippen molar-refractivity contribution in [1.82, 2.24) is 15.5 Å². The van der Waals surface area contributed by atoms with Crippen molar-refractivity contribution in [3.8, 4) is 5.75 Å². The number of benzene rings is 1. The Morgan fingerprint density at radius 3 is 2.53 bits per heavy atom. The predicted molar refractivity (Wildman–Crippen MR) is 131 cm³/mol. The fourth-order valence-electron chi connectivity index (χ4n) is 4.20. The summed E-state index contributed by atoms with van der Waals surface area (Å²) in [6.45, 7) is 5.83. The number of carboxylic acid groups (broad SMARTS) is 1. The maximum absolute atomic E-state index is 13.7. The van der Waals surface area contributed by atoms with Gasteiger partial charge in [0.15, 0.2) is 0 Å². The number of carboxylic acids is 1. The molecule has 0 bridgehead atoms. The molecule has 0 spiro atoms. The number of ether oxygens (including phenoxy) is 1. The normalized spacial score (nSPS) is 20.4. The molecule has 4 atom stereocenters. The summed E-state index contributed by atoms with van der Waals surface area (Å²) < 4.78 is 5.80. The van der Waals surface area contributed by atoms with Crippen LogP contribution in [0.4, 0.5) is 0 Å². The average Bonchev–Trinajstić information content (AvgIpc) is 3.47. The van der Waals surface area contributed by atoms with Crippen molar-refractivity contribution in [2.45, 2.75) is 83.3 Å². The average molecular weight is 524 g/mol. The maximum Gasteiger partial charge on any atom is 0.305 e. The van der Waals surface area contributed by atoms with E-state index in [2.05, 4.69) is 10.6 Å². The molecule has 1 saturated heterocycles. The fourth-order valence-corrected chi connectivity index (χ4v) is 4.48. The van der Waals surface area contributed by atoms with Crippen LogP contribution in [-0.4, -0.2) is 70.0 Å². The molecule has 1 aromatic carbocycles. The number of amides is 2. The molecule has 1 aromatic rings. The zero-order valence-corrected chi connectivity index (χ0v) is 21.5. The third kappa shape index (κ3) is 6.96. The zero-order chi connectivity index (χ0) is 26.6. The molecular formula is C25H34ClN3O7. The monoisotopic (exact) mass is 523 g/mol. The quantitative estimate of drug-likeness (QED) is 0.254. The summed E-state index contributed by atoms with van der Waals surface area (Å²) in [7, 11) is 0. The third-order valence-corrected chi connectivity index (χ3v) is 6.67. The zero-order valence-electron chi connectivity index (χ0n) is 20.7. The largest absolute Gasteiger partial charge is 0.489 e. The summed E-state index contributed by atoms with van der Waals surface area (Å²) in [6.07, 6.45) is 1.53. The number of hydrogen-bond donors (Lipinski definition) is 4. The van der Waals surface area contributed by atoms with Crippen LogP contribution in [0.2, 0.25) is 5.02 Å². The van der Waals surface area contributed by atoms with Crippen LogP contribution in [0.15, 0.2) is 18.2 Å². The number of rotatable bonds is 11. The van der Waals surface area contributed by atoms with Crippen LogP contribution in [0.5, 0.6) is 5.75 Å². The molecule has 11 heteroatoms. The van der Waals surface area contributed by atoms with Crippen molar-refractivity contribution < 1.29 is 34.1 Å². The Morgan fingerprint density at radius 2 is 1.94 bits per heavy atom. The Hall–Kier alpha value is -2.69. The van der Waals surface area contributed by atoms with Crippen molar-refractivity contribution >= 4 is 35.7 Å². The molecule has 1 aliphatic heterocycles. The Morgan fingerprint density at radius 1 is 1.25 bits per heavy atom. The third-order valence-electron chi connectivity index (χ3n) is 6.27. The molecule has 198 valence electrons. The van der Waals surface area contributed by atoms with Gasteiger partial charge in [-0.3, -0.25) is 19.7 Å². The summed E-state index contributed by atoms with van der Waals surface area (Å²) in [4.78, 5) is 50.1. The Bertz CT molecular complexity index is 992. The number of aliphatic carboxylic acids is 1. The van der Waals surface area contributed by atoms with Crippen LogP contribution in [0.25, 0.3) is 0 Å². The molecule has 1 saturated carbocycles. The van der Waals surface area contributed by atoms with Gasteiger partial charge in [0.25, 0.3) is 0 Å². The second kappa shape index (κ2) is 11.6. The SMILES string of the molecule is CC(C)(C)[C@H](NC(O)c1cccc(OC2CC2)c1Cl)C(=O)N1CCC[C@H]1C(=O)N[C@H](C=O)CC(=O)O. The molecular weight excluding hydrogens is 490 g/mol. The van der Waals surface area contributed by atoms with Crippen LogP contribution in [-0.2, 0) is 19.2 Å². The topological polar surface area (TPSA) is 145 Å². The number of carbonyl (C=O) groups excluding carboxylic acids is 3. The molecule has 3 rings (SSSR count). The lowest BCUT2D eigenvalue weighted by atomic mass is 9.85. The Kier molecular flexibility index (Phi) is 8.97. The smallest absolute Gasteiger partial charge is 0.305 e. The first-order valence-electron chi connectivity index (χ1n) is 12.1. The first-order valence-corrected chi connectivity index (χ1v) is 12.5. The highest BCUT2D eigenvalue weighted by atomic mass is 35.5. The van der Waals surface area contributed by atoms with Crippen molar-refractivity contribution in [2.24, 2.45) is 5.41 Å². The summed E-state index contributed by atoms with van der Waals surface area (Å²) in [5.41, 5.74) is -0.277. The standard InChI is InChI=1S/C25H34ClN3O7/c1-25(2,3)21(28-22(33)16-6-4-8-18(20(16)26)36-15-9-10-15)24(35)29-11-5-7-17(29)23(34)27-14(13-30)12-19(31)32/h4,6,8,13-15,17,21-22,28,33H,5,7,9-12H2,1-3H3,(H,27,34)(H,31,32)/t14-,17-,21+,22?/m0/s1. The molecule has 0 aromatic heterocycles. The minimum atomic E-state index is -1.28. The number of likely N-dealkylation sites (tertiary alicyclic amines) is 1. The lowest BCUT2D eigenvalue weighted by Crippen LogP contribution is -2.57. The number of aliphatic hydroxyl groups excluding tert-OH is 1. The highest BCUT2D eigenvalue weighted by Gasteiger charge is 2.42. The van der Waals surface area contributed by atoms with Gasteiger partial charge in [-0.1, -0.05) is 44.5 Å². The van der Waals surface area contributed by atoms with Crippen LogP contribution >= 0.6 is 11.6 Å². The lowest BCUT2D eigenvalue weighted by Gasteiger charge is -2.37. The van der Waals surface area contributed by atoms with E-state index in [0.29, 0.717) is 37.0 Å². The highest BCUT2D eigenvalue weighted by molar-refractivity contribution is 6.32. The van der Waals surface area contributed by atoms with E-state index in [4.69, 9.17) is 21.4 Å². The van der Waals surface area contributed by atoms with Gasteiger partial charge in [-0.2, -0.15) is 0 Å². The van der Waals surface area contributed by atoms with Gasteiger partial charge in [0.2, 0.25) is 11.8 Å². The molecule has 1 aliphatic carbocycles. The first-order chi connectivity index (χ1) is 16.9. The molecule has 2 aliphatic rings. The van der Waals surface area contributed by atoms with Gasteiger partial charge in [0.1, 0.15) is 24.3 Å². The number of nitrogens with zero attached hydrogens (tertiary/aromatic N) is 1. The van der Waals surface area contributed by atoms with Crippen LogP contribution in [0.3, 0.4) is 0 Å². The number of nitrogens with one attached hydrogen (secondary N) is 2. The molecule has 0 radical (unpaired) electrons. The maximum atomic E-state index is 13.7.